The van der Waals surface area contributed by atoms with Crippen molar-refractivity contribution in [3.05, 3.63) is 35.9 Å². The van der Waals surface area contributed by atoms with E-state index in [2.05, 4.69) is 20.9 Å². The number of hydrogen-bond donors (Lipinski definition) is 7. The molecule has 4 amide bonds. The predicted octanol–water partition coefficient (Wildman–Crippen LogP) is -1.63. The normalized spacial score (nSPS) is 13.1. The first-order valence-corrected chi connectivity index (χ1v) is 11.6. The van der Waals surface area contributed by atoms with Crippen LogP contribution < -0.4 is 38.9 Å². The Morgan fingerprint density at radius 1 is 0.829 bits per heavy atom. The minimum atomic E-state index is -1.00. The predicted molar refractivity (Wildman–Crippen MR) is 134 cm³/mol. The molecule has 12 heteroatoms. The van der Waals surface area contributed by atoms with Gasteiger partial charge >= 0.3 is 0 Å². The van der Waals surface area contributed by atoms with Gasteiger partial charge in [-0.3, -0.25) is 24.2 Å². The minimum absolute atomic E-state index is 0.0689. The van der Waals surface area contributed by atoms with Crippen LogP contribution in [-0.4, -0.2) is 60.8 Å². The first-order valence-electron chi connectivity index (χ1n) is 11.6. The summed E-state index contributed by atoms with van der Waals surface area (Å²) >= 11 is 0. The Morgan fingerprint density at radius 2 is 1.43 bits per heavy atom. The number of rotatable bonds is 16. The van der Waals surface area contributed by atoms with E-state index in [0.29, 0.717) is 32.2 Å². The molecule has 1 rings (SSSR count). The number of nitrogens with one attached hydrogen (secondary N) is 3. The van der Waals surface area contributed by atoms with Crippen molar-refractivity contribution < 1.29 is 19.2 Å². The monoisotopic (exact) mass is 490 g/mol. The van der Waals surface area contributed by atoms with Crippen LogP contribution in [0.5, 0.6) is 0 Å². The van der Waals surface area contributed by atoms with E-state index in [1.165, 1.54) is 6.92 Å². The van der Waals surface area contributed by atoms with Gasteiger partial charge in [-0.05, 0) is 44.2 Å². The molecule has 12 nitrogen and oxygen atoms in total. The number of hydrogen-bond acceptors (Lipinski definition) is 6. The van der Waals surface area contributed by atoms with Gasteiger partial charge in [0, 0.05) is 19.9 Å². The van der Waals surface area contributed by atoms with Crippen molar-refractivity contribution in [2.75, 3.05) is 13.1 Å². The molecule has 0 aliphatic rings. The number of carbonyl (C=O) groups excluding carboxylic acids is 4. The number of benzene rings is 1. The molecule has 0 aliphatic heterocycles. The van der Waals surface area contributed by atoms with Crippen LogP contribution in [0.15, 0.2) is 35.3 Å². The fourth-order valence-electron chi connectivity index (χ4n) is 3.40. The number of nitrogens with two attached hydrogens (primary N) is 4. The van der Waals surface area contributed by atoms with Crippen LogP contribution in [0.3, 0.4) is 0 Å². The van der Waals surface area contributed by atoms with Crippen molar-refractivity contribution >= 4 is 29.6 Å². The van der Waals surface area contributed by atoms with E-state index in [1.807, 2.05) is 30.3 Å². The lowest BCUT2D eigenvalue weighted by molar-refractivity contribution is -0.133. The zero-order valence-electron chi connectivity index (χ0n) is 20.2. The van der Waals surface area contributed by atoms with Gasteiger partial charge in [-0.25, -0.2) is 0 Å². The van der Waals surface area contributed by atoms with Crippen LogP contribution in [-0.2, 0) is 25.6 Å². The third-order valence-electron chi connectivity index (χ3n) is 5.16. The molecule has 0 heterocycles. The third kappa shape index (κ3) is 12.4. The highest BCUT2D eigenvalue weighted by molar-refractivity contribution is 5.94. The van der Waals surface area contributed by atoms with E-state index in [0.717, 1.165) is 5.56 Å². The highest BCUT2D eigenvalue weighted by atomic mass is 16.2. The van der Waals surface area contributed by atoms with Gasteiger partial charge in [0.25, 0.3) is 0 Å². The molecular formula is C23H38N8O4. The molecule has 0 aromatic heterocycles. The van der Waals surface area contributed by atoms with Gasteiger partial charge in [0.05, 0.1) is 0 Å². The second-order valence-corrected chi connectivity index (χ2v) is 8.20. The molecule has 1 aromatic rings. The summed E-state index contributed by atoms with van der Waals surface area (Å²) in [5.41, 5.74) is 22.4. The summed E-state index contributed by atoms with van der Waals surface area (Å²) < 4.78 is 0. The molecule has 3 atom stereocenters. The number of primary amides is 1. The lowest BCUT2D eigenvalue weighted by atomic mass is 10.0. The fraction of sp³-hybridized carbons (Fsp3) is 0.522. The number of unbranched alkanes of at least 4 members (excludes halogenated alkanes) is 1. The lowest BCUT2D eigenvalue weighted by Gasteiger charge is -2.25. The van der Waals surface area contributed by atoms with Crippen LogP contribution in [0.4, 0.5) is 0 Å². The molecule has 194 valence electrons. The SMILES string of the molecule is CC(=O)N[C@H](CCCN=C(N)N)C(=O)N[C@@H](Cc1ccccc1)C(=O)N[C@@H](CCCCN)C(N)=O. The van der Waals surface area contributed by atoms with E-state index in [1.54, 1.807) is 0 Å². The lowest BCUT2D eigenvalue weighted by Crippen LogP contribution is -2.57. The van der Waals surface area contributed by atoms with Crippen LogP contribution in [0.2, 0.25) is 0 Å². The Kier molecular flexibility index (Phi) is 13.5. The Morgan fingerprint density at radius 3 is 2.00 bits per heavy atom. The maximum atomic E-state index is 13.1. The standard InChI is InChI=1S/C23H38N8O4/c1-15(32)29-18(11-7-13-28-23(26)27)21(34)31-19(14-16-8-3-2-4-9-16)22(35)30-17(20(25)33)10-5-6-12-24/h2-4,8-9,17-19H,5-7,10-14,24H2,1H3,(H2,25,33)(H,29,32)(H,30,35)(H,31,34)(H4,26,27,28)/t17-,18+,19-/m0/s1. The average Bonchev–Trinajstić information content (AvgIpc) is 2.80. The molecule has 1 aromatic carbocycles. The largest absolute Gasteiger partial charge is 0.370 e. The summed E-state index contributed by atoms with van der Waals surface area (Å²) in [6.45, 7) is 2.03. The van der Waals surface area contributed by atoms with Crippen molar-refractivity contribution in [1.29, 1.82) is 0 Å². The van der Waals surface area contributed by atoms with Crippen LogP contribution in [0, 0.1) is 0 Å². The van der Waals surface area contributed by atoms with Crippen molar-refractivity contribution in [2.45, 2.75) is 63.6 Å². The summed E-state index contributed by atoms with van der Waals surface area (Å²) in [5.74, 6) is -2.23. The summed E-state index contributed by atoms with van der Waals surface area (Å²) in [4.78, 5) is 53.6. The van der Waals surface area contributed by atoms with Crippen molar-refractivity contribution in [1.82, 2.24) is 16.0 Å². The molecule has 0 bridgehead atoms. The molecule has 35 heavy (non-hydrogen) atoms. The third-order valence-corrected chi connectivity index (χ3v) is 5.16. The number of nitrogens with zero attached hydrogens (tertiary/aromatic N) is 1. The van der Waals surface area contributed by atoms with Gasteiger partial charge in [0.1, 0.15) is 18.1 Å². The molecule has 0 saturated carbocycles. The van der Waals surface area contributed by atoms with Crippen LogP contribution in [0.1, 0.15) is 44.6 Å². The Bertz CT molecular complexity index is 858. The first-order chi connectivity index (χ1) is 16.6. The van der Waals surface area contributed by atoms with Crippen molar-refractivity contribution in [3.8, 4) is 0 Å². The molecule has 0 radical (unpaired) electrons. The second-order valence-electron chi connectivity index (χ2n) is 8.20. The maximum Gasteiger partial charge on any atom is 0.243 e. The minimum Gasteiger partial charge on any atom is -0.370 e. The van der Waals surface area contributed by atoms with Crippen molar-refractivity contribution in [2.24, 2.45) is 27.9 Å². The van der Waals surface area contributed by atoms with Gasteiger partial charge in [-0.2, -0.15) is 0 Å². The maximum absolute atomic E-state index is 13.1. The number of aliphatic imine (C=N–C) groups is 1. The van der Waals surface area contributed by atoms with E-state index in [-0.39, 0.29) is 25.3 Å². The van der Waals surface area contributed by atoms with Gasteiger partial charge in [-0.15, -0.1) is 0 Å². The molecule has 0 unspecified atom stereocenters. The first kappa shape index (κ1) is 29.4. The topological polar surface area (TPSA) is 221 Å². The van der Waals surface area contributed by atoms with Crippen LogP contribution in [0.25, 0.3) is 0 Å². The Balaban J connectivity index is 3.00. The summed E-state index contributed by atoms with van der Waals surface area (Å²) in [6.07, 6.45) is 2.49. The fourth-order valence-corrected chi connectivity index (χ4v) is 3.40. The summed E-state index contributed by atoms with van der Waals surface area (Å²) in [6, 6.07) is 6.30. The van der Waals surface area contributed by atoms with E-state index >= 15 is 0 Å². The van der Waals surface area contributed by atoms with E-state index in [9.17, 15) is 19.2 Å². The Hall–Kier alpha value is -3.67. The van der Waals surface area contributed by atoms with E-state index < -0.39 is 41.8 Å². The van der Waals surface area contributed by atoms with Crippen LogP contribution >= 0.6 is 0 Å². The molecule has 0 spiro atoms. The van der Waals surface area contributed by atoms with Gasteiger partial charge in [-0.1, -0.05) is 30.3 Å². The van der Waals surface area contributed by atoms with Gasteiger partial charge in [0.2, 0.25) is 23.6 Å². The Labute approximate surface area is 205 Å². The quantitative estimate of drug-likeness (QED) is 0.0813. The number of carbonyl (C=O) groups is 4. The number of guanidine groups is 1. The van der Waals surface area contributed by atoms with E-state index in [4.69, 9.17) is 22.9 Å². The second kappa shape index (κ2) is 16.0. The smallest absolute Gasteiger partial charge is 0.243 e. The molecular weight excluding hydrogens is 452 g/mol. The molecule has 11 N–H and O–H groups in total. The van der Waals surface area contributed by atoms with Crippen molar-refractivity contribution in [3.63, 3.8) is 0 Å². The highest BCUT2D eigenvalue weighted by Gasteiger charge is 2.28. The number of amides is 4. The molecule has 0 fully saturated rings. The molecule has 0 saturated heterocycles. The molecule has 0 aliphatic carbocycles. The highest BCUT2D eigenvalue weighted by Crippen LogP contribution is 2.07. The summed E-state index contributed by atoms with van der Waals surface area (Å²) in [7, 11) is 0. The van der Waals surface area contributed by atoms with Gasteiger partial charge < -0.3 is 38.9 Å². The zero-order valence-corrected chi connectivity index (χ0v) is 20.2. The zero-order chi connectivity index (χ0) is 26.2. The summed E-state index contributed by atoms with van der Waals surface area (Å²) in [5, 5.41) is 7.94. The van der Waals surface area contributed by atoms with Gasteiger partial charge in [0.15, 0.2) is 5.96 Å². The average molecular weight is 491 g/mol.